The van der Waals surface area contributed by atoms with Gasteiger partial charge in [0.1, 0.15) is 11.6 Å². The topological polar surface area (TPSA) is 55.8 Å². The molecule has 142 valence electrons. The third-order valence-corrected chi connectivity index (χ3v) is 4.53. The molecule has 1 aromatic carbocycles. The van der Waals surface area contributed by atoms with Crippen LogP contribution in [0.15, 0.2) is 42.0 Å². The maximum atomic E-state index is 12.9. The number of benzene rings is 1. The highest BCUT2D eigenvalue weighted by molar-refractivity contribution is 5.83. The van der Waals surface area contributed by atoms with Crippen molar-refractivity contribution in [2.24, 2.45) is 0 Å². The molecule has 26 heavy (non-hydrogen) atoms. The third kappa shape index (κ3) is 5.43. The predicted octanol–water partition coefficient (Wildman–Crippen LogP) is 3.65. The number of rotatable bonds is 4. The van der Waals surface area contributed by atoms with E-state index in [2.05, 4.69) is 24.0 Å². The van der Waals surface area contributed by atoms with Gasteiger partial charge in [0.15, 0.2) is 0 Å². The molecule has 5 nitrogen and oxygen atoms in total. The van der Waals surface area contributed by atoms with Gasteiger partial charge in [-0.05, 0) is 46.1 Å². The molecule has 1 aliphatic rings. The van der Waals surface area contributed by atoms with Crippen molar-refractivity contribution in [3.8, 4) is 0 Å². The number of piperidine rings is 1. The fourth-order valence-corrected chi connectivity index (χ4v) is 3.23. The molecule has 0 aliphatic carbocycles. The minimum atomic E-state index is -0.553. The largest absolute Gasteiger partial charge is 0.466 e. The number of methoxy groups -OCH3 is 1. The Balaban J connectivity index is 2.26. The zero-order valence-electron chi connectivity index (χ0n) is 16.3. The molecular formula is C21H29NO4. The van der Waals surface area contributed by atoms with E-state index in [9.17, 15) is 9.59 Å². The van der Waals surface area contributed by atoms with Crippen LogP contribution in [0.2, 0.25) is 0 Å². The molecule has 0 bridgehead atoms. The number of carbonyl (C=O) groups is 2. The van der Waals surface area contributed by atoms with E-state index in [4.69, 9.17) is 9.47 Å². The van der Waals surface area contributed by atoms with Gasteiger partial charge in [0, 0.05) is 18.7 Å². The minimum Gasteiger partial charge on any atom is -0.466 e. The summed E-state index contributed by atoms with van der Waals surface area (Å²) in [5, 5.41) is 0. The zero-order chi connectivity index (χ0) is 19.3. The van der Waals surface area contributed by atoms with Gasteiger partial charge in [0.25, 0.3) is 0 Å². The van der Waals surface area contributed by atoms with E-state index >= 15 is 0 Å². The fourth-order valence-electron chi connectivity index (χ4n) is 3.23. The molecule has 0 unspecified atom stereocenters. The first kappa shape index (κ1) is 20.2. The average molecular weight is 359 g/mol. The average Bonchev–Trinajstić information content (AvgIpc) is 2.60. The molecule has 1 aromatic rings. The van der Waals surface area contributed by atoms with Crippen LogP contribution in [0.1, 0.15) is 52.1 Å². The van der Waals surface area contributed by atoms with Crippen LogP contribution in [-0.2, 0) is 19.1 Å². The van der Waals surface area contributed by atoms with Crippen molar-refractivity contribution >= 4 is 11.9 Å². The monoisotopic (exact) mass is 359 g/mol. The zero-order valence-corrected chi connectivity index (χ0v) is 16.3. The van der Waals surface area contributed by atoms with Gasteiger partial charge in [-0.25, -0.2) is 4.79 Å². The van der Waals surface area contributed by atoms with Crippen molar-refractivity contribution in [2.45, 2.75) is 58.2 Å². The molecule has 0 amide bonds. The fraction of sp³-hybridized carbons (Fsp3) is 0.524. The molecule has 5 heteroatoms. The Morgan fingerprint density at radius 3 is 2.46 bits per heavy atom. The van der Waals surface area contributed by atoms with Crippen LogP contribution in [0, 0.1) is 0 Å². The Bertz CT molecular complexity index is 660. The second kappa shape index (κ2) is 8.49. The summed E-state index contributed by atoms with van der Waals surface area (Å²) in [5.41, 5.74) is 1.52. The summed E-state index contributed by atoms with van der Waals surface area (Å²) in [4.78, 5) is 26.6. The van der Waals surface area contributed by atoms with Gasteiger partial charge in [-0.2, -0.15) is 0 Å². The second-order valence-electron chi connectivity index (χ2n) is 7.65. The van der Waals surface area contributed by atoms with E-state index < -0.39 is 11.6 Å². The van der Waals surface area contributed by atoms with Crippen LogP contribution in [0.25, 0.3) is 0 Å². The first-order valence-electron chi connectivity index (χ1n) is 9.02. The lowest BCUT2D eigenvalue weighted by Crippen LogP contribution is -2.48. The van der Waals surface area contributed by atoms with Crippen molar-refractivity contribution in [2.75, 3.05) is 13.7 Å². The number of nitrogens with zero attached hydrogens (tertiary/aromatic N) is 1. The lowest BCUT2D eigenvalue weighted by atomic mass is 9.92. The van der Waals surface area contributed by atoms with Crippen molar-refractivity contribution in [1.29, 1.82) is 0 Å². The molecule has 1 heterocycles. The Hall–Kier alpha value is -2.14. The van der Waals surface area contributed by atoms with Gasteiger partial charge in [-0.3, -0.25) is 9.69 Å². The van der Waals surface area contributed by atoms with Gasteiger partial charge < -0.3 is 9.47 Å². The predicted molar refractivity (Wildman–Crippen MR) is 101 cm³/mol. The smallest absolute Gasteiger partial charge is 0.330 e. The molecule has 2 atom stereocenters. The summed E-state index contributed by atoms with van der Waals surface area (Å²) in [6.07, 6.45) is 2.70. The van der Waals surface area contributed by atoms with Crippen LogP contribution in [0.3, 0.4) is 0 Å². The van der Waals surface area contributed by atoms with E-state index in [0.717, 1.165) is 17.6 Å². The highest BCUT2D eigenvalue weighted by atomic mass is 16.6. The summed E-state index contributed by atoms with van der Waals surface area (Å²) in [6, 6.07) is 9.77. The van der Waals surface area contributed by atoms with Gasteiger partial charge in [0.2, 0.25) is 0 Å². The molecule has 1 saturated heterocycles. The molecule has 0 spiro atoms. The first-order chi connectivity index (χ1) is 12.2. The third-order valence-electron chi connectivity index (χ3n) is 4.53. The summed E-state index contributed by atoms with van der Waals surface area (Å²) < 4.78 is 10.4. The SMILES string of the molecule is COC(=O)/C=C1/CCN([C@@H](C)c2ccccc2)[C@@H](C(=O)OC(C)(C)C)C1. The van der Waals surface area contributed by atoms with Gasteiger partial charge >= 0.3 is 11.9 Å². The van der Waals surface area contributed by atoms with Crippen LogP contribution in [-0.4, -0.2) is 42.1 Å². The Labute approximate surface area is 156 Å². The van der Waals surface area contributed by atoms with Crippen LogP contribution >= 0.6 is 0 Å². The maximum absolute atomic E-state index is 12.9. The van der Waals surface area contributed by atoms with E-state index in [-0.39, 0.29) is 18.0 Å². The number of hydrogen-bond acceptors (Lipinski definition) is 5. The van der Waals surface area contributed by atoms with Crippen LogP contribution < -0.4 is 0 Å². The Morgan fingerprint density at radius 1 is 1.23 bits per heavy atom. The molecule has 0 N–H and O–H groups in total. The number of carbonyl (C=O) groups excluding carboxylic acids is 2. The molecule has 0 saturated carbocycles. The van der Waals surface area contributed by atoms with E-state index in [0.29, 0.717) is 13.0 Å². The summed E-state index contributed by atoms with van der Waals surface area (Å²) >= 11 is 0. The normalized spacial score (nSPS) is 21.3. The lowest BCUT2D eigenvalue weighted by Gasteiger charge is -2.40. The summed E-state index contributed by atoms with van der Waals surface area (Å²) in [7, 11) is 1.36. The van der Waals surface area contributed by atoms with Crippen LogP contribution in [0.5, 0.6) is 0 Å². The number of hydrogen-bond donors (Lipinski definition) is 0. The highest BCUT2D eigenvalue weighted by Gasteiger charge is 2.37. The second-order valence-corrected chi connectivity index (χ2v) is 7.65. The van der Waals surface area contributed by atoms with E-state index in [1.807, 2.05) is 39.0 Å². The van der Waals surface area contributed by atoms with Gasteiger partial charge in [-0.1, -0.05) is 35.9 Å². The molecule has 0 aromatic heterocycles. The summed E-state index contributed by atoms with van der Waals surface area (Å²) in [6.45, 7) is 8.38. The van der Waals surface area contributed by atoms with Crippen molar-refractivity contribution < 1.29 is 19.1 Å². The maximum Gasteiger partial charge on any atom is 0.330 e. The van der Waals surface area contributed by atoms with E-state index in [1.54, 1.807) is 0 Å². The number of esters is 2. The van der Waals surface area contributed by atoms with E-state index in [1.165, 1.54) is 13.2 Å². The lowest BCUT2D eigenvalue weighted by molar-refractivity contribution is -0.163. The highest BCUT2D eigenvalue weighted by Crippen LogP contribution is 2.32. The number of likely N-dealkylation sites (tertiary alicyclic amines) is 1. The van der Waals surface area contributed by atoms with Crippen LogP contribution in [0.4, 0.5) is 0 Å². The van der Waals surface area contributed by atoms with Crippen molar-refractivity contribution in [1.82, 2.24) is 4.90 Å². The quantitative estimate of drug-likeness (QED) is 0.607. The van der Waals surface area contributed by atoms with Crippen molar-refractivity contribution in [3.63, 3.8) is 0 Å². The number of ether oxygens (including phenoxy) is 2. The summed E-state index contributed by atoms with van der Waals surface area (Å²) in [5.74, 6) is -0.636. The molecular weight excluding hydrogens is 330 g/mol. The van der Waals surface area contributed by atoms with Crippen molar-refractivity contribution in [3.05, 3.63) is 47.5 Å². The first-order valence-corrected chi connectivity index (χ1v) is 9.02. The molecule has 1 aliphatic heterocycles. The molecule has 1 fully saturated rings. The molecule has 2 rings (SSSR count). The molecule has 0 radical (unpaired) electrons. The van der Waals surface area contributed by atoms with Gasteiger partial charge in [-0.15, -0.1) is 0 Å². The standard InChI is InChI=1S/C21H29NO4/c1-15(17-9-7-6-8-10-17)22-12-11-16(14-19(23)25-5)13-18(22)20(24)26-21(2,3)4/h6-10,14-15,18H,11-13H2,1-5H3/b16-14-/t15-,18+/m0/s1. The van der Waals surface area contributed by atoms with Gasteiger partial charge in [0.05, 0.1) is 7.11 Å². The minimum absolute atomic E-state index is 0.0772. The Kier molecular flexibility index (Phi) is 6.59. The Morgan fingerprint density at radius 2 is 1.88 bits per heavy atom.